The average Bonchev–Trinajstić information content (AvgIpc) is 2.33. The second-order valence-electron chi connectivity index (χ2n) is 4.49. The Morgan fingerprint density at radius 1 is 1.11 bits per heavy atom. The Bertz CT molecular complexity index is 638. The maximum absolute atomic E-state index is 12.2. The predicted molar refractivity (Wildman–Crippen MR) is 82.4 cm³/mol. The van der Waals surface area contributed by atoms with E-state index >= 15 is 0 Å². The quantitative estimate of drug-likeness (QED) is 0.825. The molecule has 2 aromatic carbocycles. The van der Waals surface area contributed by atoms with Gasteiger partial charge in [0, 0.05) is 21.4 Å². The normalized spacial score (nSPS) is 10.3. The van der Waals surface area contributed by atoms with E-state index in [1.807, 2.05) is 32.0 Å². The third-order valence-corrected chi connectivity index (χ3v) is 3.78. The molecule has 0 aliphatic carbocycles. The summed E-state index contributed by atoms with van der Waals surface area (Å²) in [5.41, 5.74) is 9.72. The number of rotatable bonds is 2. The van der Waals surface area contributed by atoms with Gasteiger partial charge in [-0.15, -0.1) is 0 Å². The number of amides is 1. The van der Waals surface area contributed by atoms with Crippen LogP contribution in [0.15, 0.2) is 40.9 Å². The molecule has 0 aromatic heterocycles. The van der Waals surface area contributed by atoms with Crippen molar-refractivity contribution < 1.29 is 4.79 Å². The monoisotopic (exact) mass is 318 g/mol. The number of halogens is 1. The van der Waals surface area contributed by atoms with Gasteiger partial charge in [0.25, 0.3) is 5.91 Å². The molecule has 0 heterocycles. The molecule has 2 rings (SSSR count). The van der Waals surface area contributed by atoms with E-state index in [9.17, 15) is 4.79 Å². The molecule has 0 saturated heterocycles. The Morgan fingerprint density at radius 2 is 1.84 bits per heavy atom. The van der Waals surface area contributed by atoms with Gasteiger partial charge in [0.15, 0.2) is 0 Å². The maximum Gasteiger partial charge on any atom is 0.255 e. The van der Waals surface area contributed by atoms with E-state index in [4.69, 9.17) is 5.73 Å². The SMILES string of the molecule is Cc1ccc(NC(=O)c2ccc(N)cc2C)cc1Br. The fourth-order valence-corrected chi connectivity index (χ4v) is 2.19. The van der Waals surface area contributed by atoms with Crippen LogP contribution in [-0.2, 0) is 0 Å². The van der Waals surface area contributed by atoms with Gasteiger partial charge in [0.2, 0.25) is 0 Å². The second-order valence-corrected chi connectivity index (χ2v) is 5.35. The topological polar surface area (TPSA) is 55.1 Å². The highest BCUT2D eigenvalue weighted by Gasteiger charge is 2.09. The Hall–Kier alpha value is -1.81. The van der Waals surface area contributed by atoms with Crippen LogP contribution in [0.5, 0.6) is 0 Å². The fraction of sp³-hybridized carbons (Fsp3) is 0.133. The minimum Gasteiger partial charge on any atom is -0.399 e. The molecule has 0 saturated carbocycles. The molecular formula is C15H15BrN2O. The Labute approximate surface area is 121 Å². The highest BCUT2D eigenvalue weighted by atomic mass is 79.9. The molecular weight excluding hydrogens is 304 g/mol. The van der Waals surface area contributed by atoms with Crippen molar-refractivity contribution in [2.24, 2.45) is 0 Å². The summed E-state index contributed by atoms with van der Waals surface area (Å²) in [6.07, 6.45) is 0. The smallest absolute Gasteiger partial charge is 0.255 e. The van der Waals surface area contributed by atoms with E-state index in [0.717, 1.165) is 21.3 Å². The van der Waals surface area contributed by atoms with Crippen molar-refractivity contribution in [3.05, 3.63) is 57.6 Å². The third kappa shape index (κ3) is 3.15. The zero-order chi connectivity index (χ0) is 14.0. The number of nitrogens with two attached hydrogens (primary N) is 1. The van der Waals surface area contributed by atoms with E-state index in [2.05, 4.69) is 21.2 Å². The van der Waals surface area contributed by atoms with Gasteiger partial charge in [-0.05, 0) is 55.3 Å². The first-order valence-electron chi connectivity index (χ1n) is 5.91. The van der Waals surface area contributed by atoms with Crippen LogP contribution in [0.25, 0.3) is 0 Å². The van der Waals surface area contributed by atoms with Crippen LogP contribution in [-0.4, -0.2) is 5.91 Å². The molecule has 0 spiro atoms. The fourth-order valence-electron chi connectivity index (χ4n) is 1.81. The molecule has 0 radical (unpaired) electrons. The van der Waals surface area contributed by atoms with E-state index in [1.54, 1.807) is 18.2 Å². The van der Waals surface area contributed by atoms with Crippen LogP contribution in [0.4, 0.5) is 11.4 Å². The molecule has 0 fully saturated rings. The molecule has 2 aromatic rings. The molecule has 3 nitrogen and oxygen atoms in total. The summed E-state index contributed by atoms with van der Waals surface area (Å²) in [5.74, 6) is -0.131. The zero-order valence-electron chi connectivity index (χ0n) is 10.8. The summed E-state index contributed by atoms with van der Waals surface area (Å²) in [6.45, 7) is 3.87. The van der Waals surface area contributed by atoms with Crippen LogP contribution < -0.4 is 11.1 Å². The first-order valence-corrected chi connectivity index (χ1v) is 6.70. The lowest BCUT2D eigenvalue weighted by atomic mass is 10.1. The van der Waals surface area contributed by atoms with Crippen LogP contribution in [0.3, 0.4) is 0 Å². The van der Waals surface area contributed by atoms with E-state index in [1.165, 1.54) is 0 Å². The highest BCUT2D eigenvalue weighted by molar-refractivity contribution is 9.10. The number of nitrogen functional groups attached to an aromatic ring is 1. The Balaban J connectivity index is 2.23. The van der Waals surface area contributed by atoms with Crippen molar-refractivity contribution in [2.45, 2.75) is 13.8 Å². The van der Waals surface area contributed by atoms with Crippen molar-refractivity contribution in [2.75, 3.05) is 11.1 Å². The summed E-state index contributed by atoms with van der Waals surface area (Å²) in [6, 6.07) is 11.0. The molecule has 0 atom stereocenters. The predicted octanol–water partition coefficient (Wildman–Crippen LogP) is 3.90. The average molecular weight is 319 g/mol. The summed E-state index contributed by atoms with van der Waals surface area (Å²) >= 11 is 3.45. The Kier molecular flexibility index (Phi) is 3.90. The summed E-state index contributed by atoms with van der Waals surface area (Å²) in [7, 11) is 0. The van der Waals surface area contributed by atoms with Crippen molar-refractivity contribution in [1.82, 2.24) is 0 Å². The van der Waals surface area contributed by atoms with Crippen LogP contribution in [0.2, 0.25) is 0 Å². The molecule has 0 unspecified atom stereocenters. The minimum absolute atomic E-state index is 0.131. The van der Waals surface area contributed by atoms with Gasteiger partial charge in [0.05, 0.1) is 0 Å². The molecule has 4 heteroatoms. The van der Waals surface area contributed by atoms with Gasteiger partial charge in [0.1, 0.15) is 0 Å². The number of carbonyl (C=O) groups is 1. The summed E-state index contributed by atoms with van der Waals surface area (Å²) in [5, 5.41) is 2.88. The van der Waals surface area contributed by atoms with E-state index < -0.39 is 0 Å². The molecule has 3 N–H and O–H groups in total. The first-order chi connectivity index (χ1) is 8.97. The zero-order valence-corrected chi connectivity index (χ0v) is 12.4. The third-order valence-electron chi connectivity index (χ3n) is 2.92. The van der Waals surface area contributed by atoms with E-state index in [-0.39, 0.29) is 5.91 Å². The maximum atomic E-state index is 12.2. The highest BCUT2D eigenvalue weighted by Crippen LogP contribution is 2.21. The van der Waals surface area contributed by atoms with E-state index in [0.29, 0.717) is 11.3 Å². The lowest BCUT2D eigenvalue weighted by Gasteiger charge is -2.09. The second kappa shape index (κ2) is 5.45. The van der Waals surface area contributed by atoms with Crippen molar-refractivity contribution in [3.63, 3.8) is 0 Å². The first kappa shape index (κ1) is 13.6. The lowest BCUT2D eigenvalue weighted by Crippen LogP contribution is -2.13. The van der Waals surface area contributed by atoms with Gasteiger partial charge in [-0.2, -0.15) is 0 Å². The molecule has 98 valence electrons. The number of nitrogens with one attached hydrogen (secondary N) is 1. The van der Waals surface area contributed by atoms with Gasteiger partial charge < -0.3 is 11.1 Å². The van der Waals surface area contributed by atoms with Crippen molar-refractivity contribution in [3.8, 4) is 0 Å². The number of benzene rings is 2. The Morgan fingerprint density at radius 3 is 2.47 bits per heavy atom. The van der Waals surface area contributed by atoms with Crippen LogP contribution in [0, 0.1) is 13.8 Å². The van der Waals surface area contributed by atoms with Gasteiger partial charge >= 0.3 is 0 Å². The largest absolute Gasteiger partial charge is 0.399 e. The van der Waals surface area contributed by atoms with Crippen LogP contribution in [0.1, 0.15) is 21.5 Å². The standard InChI is InChI=1S/C15H15BrN2O/c1-9-3-5-12(8-14(9)16)18-15(19)13-6-4-11(17)7-10(13)2/h3-8H,17H2,1-2H3,(H,18,19). The van der Waals surface area contributed by atoms with Gasteiger partial charge in [-0.1, -0.05) is 22.0 Å². The number of aryl methyl sites for hydroxylation is 2. The minimum atomic E-state index is -0.131. The molecule has 0 aliphatic rings. The van der Waals surface area contributed by atoms with Crippen molar-refractivity contribution in [1.29, 1.82) is 0 Å². The molecule has 1 amide bonds. The molecule has 19 heavy (non-hydrogen) atoms. The van der Waals surface area contributed by atoms with Gasteiger partial charge in [-0.3, -0.25) is 4.79 Å². The number of hydrogen-bond acceptors (Lipinski definition) is 2. The lowest BCUT2D eigenvalue weighted by molar-refractivity contribution is 0.102. The molecule has 0 bridgehead atoms. The van der Waals surface area contributed by atoms with Crippen molar-refractivity contribution >= 4 is 33.2 Å². The number of hydrogen-bond donors (Lipinski definition) is 2. The number of carbonyl (C=O) groups excluding carboxylic acids is 1. The summed E-state index contributed by atoms with van der Waals surface area (Å²) in [4.78, 5) is 12.2. The van der Waals surface area contributed by atoms with Crippen LogP contribution >= 0.6 is 15.9 Å². The number of anilines is 2. The summed E-state index contributed by atoms with van der Waals surface area (Å²) < 4.78 is 0.972. The van der Waals surface area contributed by atoms with Gasteiger partial charge in [-0.25, -0.2) is 0 Å². The molecule has 0 aliphatic heterocycles.